The lowest BCUT2D eigenvalue weighted by Crippen LogP contribution is -2.28. The first-order chi connectivity index (χ1) is 9.20. The quantitative estimate of drug-likeness (QED) is 0.842. The lowest BCUT2D eigenvalue weighted by molar-refractivity contribution is 0.00450. The average molecular weight is 252 g/mol. The number of aliphatic hydroxyl groups is 1. The second-order valence-corrected chi connectivity index (χ2v) is 5.66. The third-order valence-corrected chi connectivity index (χ3v) is 4.50. The topological polar surface area (TPSA) is 20.2 Å². The monoisotopic (exact) mass is 252 g/mol. The van der Waals surface area contributed by atoms with E-state index in [4.69, 9.17) is 0 Å². The van der Waals surface area contributed by atoms with Crippen LogP contribution in [-0.2, 0) is 5.60 Å². The summed E-state index contributed by atoms with van der Waals surface area (Å²) in [5, 5.41) is 10.8. The van der Waals surface area contributed by atoms with Crippen molar-refractivity contribution < 1.29 is 5.11 Å². The van der Waals surface area contributed by atoms with Gasteiger partial charge >= 0.3 is 0 Å². The van der Waals surface area contributed by atoms with Gasteiger partial charge in [0.25, 0.3) is 0 Å². The minimum absolute atomic E-state index is 0.357. The summed E-state index contributed by atoms with van der Waals surface area (Å²) in [4.78, 5) is 0. The summed E-state index contributed by atoms with van der Waals surface area (Å²) in [5.74, 6) is 0.357. The fraction of sp³-hybridized carbons (Fsp3) is 0.333. The molecular formula is C18H20O. The van der Waals surface area contributed by atoms with Gasteiger partial charge in [-0.15, -0.1) is 0 Å². The van der Waals surface area contributed by atoms with E-state index in [-0.39, 0.29) is 0 Å². The molecule has 0 bridgehead atoms. The Hall–Kier alpha value is -1.60. The predicted octanol–water partition coefficient (Wildman–Crippen LogP) is 4.36. The molecule has 0 spiro atoms. The van der Waals surface area contributed by atoms with Crippen LogP contribution in [0.5, 0.6) is 0 Å². The first-order valence-corrected chi connectivity index (χ1v) is 7.08. The standard InChI is InChI=1S/C18H20O/c1-14-6-5-13-18(14,19)17-11-9-16(10-12-17)15-7-3-2-4-8-15/h2-4,7-12,14,19H,5-6,13H2,1H3. The van der Waals surface area contributed by atoms with Crippen molar-refractivity contribution in [3.05, 3.63) is 60.2 Å². The zero-order valence-corrected chi connectivity index (χ0v) is 11.3. The van der Waals surface area contributed by atoms with Gasteiger partial charge in [0.1, 0.15) is 0 Å². The number of rotatable bonds is 2. The maximum Gasteiger partial charge on any atom is 0.0921 e. The Morgan fingerprint density at radius 3 is 2.16 bits per heavy atom. The lowest BCUT2D eigenvalue weighted by atomic mass is 9.84. The van der Waals surface area contributed by atoms with Gasteiger partial charge in [-0.1, -0.05) is 61.5 Å². The van der Waals surface area contributed by atoms with Gasteiger partial charge in [0, 0.05) is 0 Å². The first kappa shape index (κ1) is 12.4. The first-order valence-electron chi connectivity index (χ1n) is 7.08. The molecule has 2 unspecified atom stereocenters. The van der Waals surface area contributed by atoms with Crippen LogP contribution in [0.1, 0.15) is 31.7 Å². The number of hydrogen-bond donors (Lipinski definition) is 1. The molecule has 19 heavy (non-hydrogen) atoms. The molecule has 1 saturated carbocycles. The maximum atomic E-state index is 10.8. The van der Waals surface area contributed by atoms with Crippen molar-refractivity contribution in [1.29, 1.82) is 0 Å². The molecule has 2 atom stereocenters. The smallest absolute Gasteiger partial charge is 0.0921 e. The minimum atomic E-state index is -0.616. The van der Waals surface area contributed by atoms with Crippen LogP contribution in [0.2, 0.25) is 0 Å². The fourth-order valence-corrected chi connectivity index (χ4v) is 3.17. The average Bonchev–Trinajstić information content (AvgIpc) is 2.81. The van der Waals surface area contributed by atoms with Crippen LogP contribution in [0.15, 0.2) is 54.6 Å². The van der Waals surface area contributed by atoms with Crippen LogP contribution in [0.4, 0.5) is 0 Å². The van der Waals surface area contributed by atoms with Crippen LogP contribution in [-0.4, -0.2) is 5.11 Å². The molecule has 2 aromatic carbocycles. The second kappa shape index (κ2) is 4.82. The van der Waals surface area contributed by atoms with Crippen LogP contribution in [0.25, 0.3) is 11.1 Å². The number of benzene rings is 2. The van der Waals surface area contributed by atoms with E-state index in [0.29, 0.717) is 5.92 Å². The van der Waals surface area contributed by atoms with Crippen LogP contribution >= 0.6 is 0 Å². The molecule has 1 aliphatic rings. The Labute approximate surface area is 114 Å². The van der Waals surface area contributed by atoms with Crippen molar-refractivity contribution in [3.8, 4) is 11.1 Å². The largest absolute Gasteiger partial charge is 0.385 e. The van der Waals surface area contributed by atoms with Crippen LogP contribution in [0, 0.1) is 5.92 Å². The fourth-order valence-electron chi connectivity index (χ4n) is 3.17. The maximum absolute atomic E-state index is 10.8. The minimum Gasteiger partial charge on any atom is -0.385 e. The molecule has 0 amide bonds. The van der Waals surface area contributed by atoms with Gasteiger partial charge in [-0.3, -0.25) is 0 Å². The second-order valence-electron chi connectivity index (χ2n) is 5.66. The normalized spacial score (nSPS) is 26.5. The van der Waals surface area contributed by atoms with Crippen molar-refractivity contribution in [3.63, 3.8) is 0 Å². The molecule has 1 fully saturated rings. The van der Waals surface area contributed by atoms with Gasteiger partial charge in [0.2, 0.25) is 0 Å². The van der Waals surface area contributed by atoms with E-state index in [2.05, 4.69) is 55.5 Å². The van der Waals surface area contributed by atoms with E-state index in [9.17, 15) is 5.11 Å². The van der Waals surface area contributed by atoms with E-state index in [0.717, 1.165) is 24.8 Å². The highest BCUT2D eigenvalue weighted by Gasteiger charge is 2.39. The molecule has 1 aliphatic carbocycles. The zero-order chi connectivity index (χ0) is 13.3. The van der Waals surface area contributed by atoms with E-state index in [1.807, 2.05) is 6.07 Å². The van der Waals surface area contributed by atoms with Gasteiger partial charge in [0.15, 0.2) is 0 Å². The third kappa shape index (κ3) is 2.19. The summed E-state index contributed by atoms with van der Waals surface area (Å²) in [6.45, 7) is 2.15. The van der Waals surface area contributed by atoms with E-state index >= 15 is 0 Å². The zero-order valence-electron chi connectivity index (χ0n) is 11.3. The SMILES string of the molecule is CC1CCCC1(O)c1ccc(-c2ccccc2)cc1. The van der Waals surface area contributed by atoms with E-state index in [1.54, 1.807) is 0 Å². The molecule has 2 aromatic rings. The van der Waals surface area contributed by atoms with Gasteiger partial charge in [-0.2, -0.15) is 0 Å². The Bertz CT molecular complexity index is 544. The van der Waals surface area contributed by atoms with E-state index < -0.39 is 5.60 Å². The highest BCUT2D eigenvalue weighted by Crippen LogP contribution is 2.43. The Balaban J connectivity index is 1.91. The predicted molar refractivity (Wildman–Crippen MR) is 78.8 cm³/mol. The Kier molecular flexibility index (Phi) is 3.16. The Morgan fingerprint density at radius 2 is 1.58 bits per heavy atom. The molecule has 0 radical (unpaired) electrons. The summed E-state index contributed by atoms with van der Waals surface area (Å²) in [7, 11) is 0. The summed E-state index contributed by atoms with van der Waals surface area (Å²) in [5.41, 5.74) is 2.88. The molecule has 1 nitrogen and oxygen atoms in total. The molecule has 1 N–H and O–H groups in total. The van der Waals surface area contributed by atoms with Gasteiger partial charge in [-0.05, 0) is 41.9 Å². The number of hydrogen-bond acceptors (Lipinski definition) is 1. The molecular weight excluding hydrogens is 232 g/mol. The van der Waals surface area contributed by atoms with Crippen molar-refractivity contribution in [2.24, 2.45) is 5.92 Å². The molecule has 98 valence electrons. The molecule has 3 rings (SSSR count). The molecule has 0 heterocycles. The van der Waals surface area contributed by atoms with Crippen LogP contribution in [0.3, 0.4) is 0 Å². The summed E-state index contributed by atoms with van der Waals surface area (Å²) < 4.78 is 0. The van der Waals surface area contributed by atoms with E-state index in [1.165, 1.54) is 11.1 Å². The van der Waals surface area contributed by atoms with Crippen LogP contribution < -0.4 is 0 Å². The highest BCUT2D eigenvalue weighted by atomic mass is 16.3. The lowest BCUT2D eigenvalue weighted by Gasteiger charge is -2.28. The molecule has 1 heteroatoms. The van der Waals surface area contributed by atoms with Gasteiger partial charge in [0.05, 0.1) is 5.60 Å². The highest BCUT2D eigenvalue weighted by molar-refractivity contribution is 5.63. The molecule has 0 aromatic heterocycles. The summed E-state index contributed by atoms with van der Waals surface area (Å²) in [6.07, 6.45) is 3.13. The van der Waals surface area contributed by atoms with Crippen molar-refractivity contribution >= 4 is 0 Å². The third-order valence-electron chi connectivity index (χ3n) is 4.50. The Morgan fingerprint density at radius 1 is 0.947 bits per heavy atom. The summed E-state index contributed by atoms with van der Waals surface area (Å²) in [6, 6.07) is 18.8. The van der Waals surface area contributed by atoms with Gasteiger partial charge < -0.3 is 5.11 Å². The summed E-state index contributed by atoms with van der Waals surface area (Å²) >= 11 is 0. The van der Waals surface area contributed by atoms with Crippen molar-refractivity contribution in [2.75, 3.05) is 0 Å². The van der Waals surface area contributed by atoms with Crippen molar-refractivity contribution in [2.45, 2.75) is 31.8 Å². The van der Waals surface area contributed by atoms with Gasteiger partial charge in [-0.25, -0.2) is 0 Å². The van der Waals surface area contributed by atoms with Crippen molar-refractivity contribution in [1.82, 2.24) is 0 Å². The molecule has 0 aliphatic heterocycles. The molecule has 0 saturated heterocycles.